The quantitative estimate of drug-likeness (QED) is 0.118. The molecule has 17 nitrogen and oxygen atoms in total. The van der Waals surface area contributed by atoms with E-state index in [2.05, 4.69) is 21.3 Å². The minimum absolute atomic E-state index is 0.0297. The summed E-state index contributed by atoms with van der Waals surface area (Å²) >= 11 is 0. The van der Waals surface area contributed by atoms with E-state index in [0.717, 1.165) is 10.5 Å². The van der Waals surface area contributed by atoms with Crippen LogP contribution in [0.4, 0.5) is 9.59 Å². The van der Waals surface area contributed by atoms with Crippen LogP contribution in [0.1, 0.15) is 50.4 Å². The summed E-state index contributed by atoms with van der Waals surface area (Å²) < 4.78 is 33.4. The number of alkyl carbamates (subject to hydrolysis) is 2. The lowest BCUT2D eigenvalue weighted by molar-refractivity contribution is -0.145. The highest BCUT2D eigenvalue weighted by Gasteiger charge is 2.34. The van der Waals surface area contributed by atoms with Crippen LogP contribution in [-0.4, -0.2) is 107 Å². The Kier molecular flexibility index (Phi) is 15.3. The molecule has 0 saturated heterocycles. The average molecular weight is 806 g/mol. The number of esters is 1. The number of rotatable bonds is 12. The Morgan fingerprint density at radius 1 is 0.845 bits per heavy atom. The molecule has 3 aromatic rings. The second-order valence-electron chi connectivity index (χ2n) is 14.3. The normalized spacial score (nSPS) is 16.6. The second-order valence-corrected chi connectivity index (χ2v) is 14.3. The summed E-state index contributed by atoms with van der Waals surface area (Å²) in [7, 11) is 5.45. The first kappa shape index (κ1) is 44.2. The Balaban J connectivity index is 1.75. The number of nitrogens with zero attached hydrogens (tertiary/aromatic N) is 1. The lowest BCUT2D eigenvalue weighted by Crippen LogP contribution is -2.53. The summed E-state index contributed by atoms with van der Waals surface area (Å²) in [5.74, 6) is -2.04. The lowest BCUT2D eigenvalue weighted by atomic mass is 9.93. The second kappa shape index (κ2) is 20.1. The molecule has 0 saturated carbocycles. The van der Waals surface area contributed by atoms with Crippen LogP contribution >= 0.6 is 0 Å². The van der Waals surface area contributed by atoms with Gasteiger partial charge in [-0.25, -0.2) is 14.4 Å². The van der Waals surface area contributed by atoms with Gasteiger partial charge in [0.2, 0.25) is 17.7 Å². The Bertz CT molecular complexity index is 1970. The molecule has 0 aliphatic carbocycles. The van der Waals surface area contributed by atoms with Crippen molar-refractivity contribution in [1.82, 2.24) is 26.2 Å². The van der Waals surface area contributed by atoms with Crippen molar-refractivity contribution < 1.29 is 57.2 Å². The molecule has 3 aromatic carbocycles. The van der Waals surface area contributed by atoms with Crippen molar-refractivity contribution in [1.29, 1.82) is 0 Å². The monoisotopic (exact) mass is 805 g/mol. The van der Waals surface area contributed by atoms with Crippen molar-refractivity contribution in [2.45, 2.75) is 64.4 Å². The molecule has 0 unspecified atom stereocenters. The summed E-state index contributed by atoms with van der Waals surface area (Å²) in [4.78, 5) is 80.1. The fraction of sp³-hybridized carbons (Fsp3) is 0.415. The van der Waals surface area contributed by atoms with E-state index < -0.39 is 66.1 Å². The van der Waals surface area contributed by atoms with E-state index in [-0.39, 0.29) is 37.7 Å². The topological polar surface area (TPSA) is 209 Å². The number of amides is 5. The first-order valence-corrected chi connectivity index (χ1v) is 18.4. The Labute approximate surface area is 337 Å². The van der Waals surface area contributed by atoms with E-state index in [9.17, 15) is 28.8 Å². The van der Waals surface area contributed by atoms with Crippen molar-refractivity contribution in [3.8, 4) is 28.4 Å². The number of methoxy groups -OCH3 is 3. The highest BCUT2D eigenvalue weighted by Crippen LogP contribution is 2.44. The largest absolute Gasteiger partial charge is 0.496 e. The summed E-state index contributed by atoms with van der Waals surface area (Å²) in [6.07, 6.45) is -1.54. The van der Waals surface area contributed by atoms with Gasteiger partial charge < -0.3 is 54.6 Å². The number of ether oxygens (including phenoxy) is 6. The summed E-state index contributed by atoms with van der Waals surface area (Å²) in [5.41, 5.74) is 1.65. The first-order valence-electron chi connectivity index (χ1n) is 18.4. The highest BCUT2D eigenvalue weighted by atomic mass is 16.6. The standard InChI is InChI=1S/C41H51N5O12/c1-24-36(48)45-30(38(50)55-8)19-26-18-29(35(54-7)32(20-26)56-17-16-42-39(51)57-23-25-12-10-9-11-13-25)28-21-27(14-15-31(28)53-6)34(37(49)44-24)46(5)33(47)22-43-40(52)58-41(2,3)4/h9-15,18,20-21,24,30,34H,16-17,19,22-23H2,1-8H3,(H,42,51)(H,43,52)(H,44,49)(H,45,48)/t24-,30-,34-/m0/s1. The van der Waals surface area contributed by atoms with Gasteiger partial charge in [-0.2, -0.15) is 0 Å². The van der Waals surface area contributed by atoms with Crippen LogP contribution in [0.15, 0.2) is 60.7 Å². The van der Waals surface area contributed by atoms with Crippen molar-refractivity contribution in [2.24, 2.45) is 0 Å². The van der Waals surface area contributed by atoms with E-state index in [0.29, 0.717) is 28.0 Å². The molecule has 17 heteroatoms. The smallest absolute Gasteiger partial charge is 0.408 e. The van der Waals surface area contributed by atoms with Crippen molar-refractivity contribution in [3.05, 3.63) is 77.4 Å². The Hall–Kier alpha value is -6.52. The molecule has 3 atom stereocenters. The van der Waals surface area contributed by atoms with Crippen LogP contribution in [-0.2, 0) is 46.4 Å². The van der Waals surface area contributed by atoms with Gasteiger partial charge in [0, 0.05) is 24.6 Å². The maximum absolute atomic E-state index is 14.1. The van der Waals surface area contributed by atoms with E-state index >= 15 is 0 Å². The molecular formula is C41H51N5O12. The van der Waals surface area contributed by atoms with Crippen LogP contribution in [0.5, 0.6) is 17.2 Å². The molecular weight excluding hydrogens is 754 g/mol. The number of hydrogen-bond acceptors (Lipinski definition) is 12. The van der Waals surface area contributed by atoms with Crippen LogP contribution in [0.3, 0.4) is 0 Å². The Morgan fingerprint density at radius 3 is 2.22 bits per heavy atom. The third kappa shape index (κ3) is 12.0. The van der Waals surface area contributed by atoms with Crippen LogP contribution in [0, 0.1) is 0 Å². The number of nitrogens with one attached hydrogen (secondary N) is 4. The predicted octanol–water partition coefficient (Wildman–Crippen LogP) is 3.42. The molecule has 0 fully saturated rings. The van der Waals surface area contributed by atoms with Gasteiger partial charge in [-0.1, -0.05) is 36.4 Å². The molecule has 5 amide bonds. The van der Waals surface area contributed by atoms with Crippen LogP contribution in [0.2, 0.25) is 0 Å². The zero-order valence-electron chi connectivity index (χ0n) is 33.9. The van der Waals surface area contributed by atoms with Crippen LogP contribution in [0.25, 0.3) is 11.1 Å². The number of hydrogen-bond donors (Lipinski definition) is 4. The molecule has 1 heterocycles. The number of likely N-dealkylation sites (N-methyl/N-ethyl adjacent to an activating group) is 1. The Morgan fingerprint density at radius 2 is 1.57 bits per heavy atom. The molecule has 0 spiro atoms. The van der Waals surface area contributed by atoms with Gasteiger partial charge in [0.15, 0.2) is 11.5 Å². The van der Waals surface area contributed by atoms with Gasteiger partial charge in [0.25, 0.3) is 0 Å². The van der Waals surface area contributed by atoms with Gasteiger partial charge in [-0.15, -0.1) is 0 Å². The predicted molar refractivity (Wildman–Crippen MR) is 210 cm³/mol. The lowest BCUT2D eigenvalue weighted by Gasteiger charge is -2.30. The third-order valence-electron chi connectivity index (χ3n) is 8.80. The summed E-state index contributed by atoms with van der Waals surface area (Å²) in [5, 5.41) is 10.4. The fourth-order valence-electron chi connectivity index (χ4n) is 6.00. The number of benzene rings is 3. The molecule has 4 N–H and O–H groups in total. The third-order valence-corrected chi connectivity index (χ3v) is 8.80. The van der Waals surface area contributed by atoms with Crippen molar-refractivity contribution in [2.75, 3.05) is 48.1 Å². The van der Waals surface area contributed by atoms with Crippen LogP contribution < -0.4 is 35.5 Å². The minimum Gasteiger partial charge on any atom is -0.496 e. The molecule has 1 aliphatic heterocycles. The zero-order valence-corrected chi connectivity index (χ0v) is 33.9. The summed E-state index contributed by atoms with van der Waals surface area (Å²) in [6.45, 7) is 6.05. The van der Waals surface area contributed by atoms with Gasteiger partial charge in [-0.3, -0.25) is 14.4 Å². The number of carbonyl (C=O) groups is 6. The molecule has 58 heavy (non-hydrogen) atoms. The number of fused-ring (bicyclic) bond motifs is 5. The van der Waals surface area contributed by atoms with Gasteiger partial charge in [-0.05, 0) is 68.7 Å². The van der Waals surface area contributed by atoms with E-state index in [1.54, 1.807) is 51.1 Å². The maximum atomic E-state index is 14.1. The molecule has 312 valence electrons. The number of carbonyl (C=O) groups excluding carboxylic acids is 6. The highest BCUT2D eigenvalue weighted by molar-refractivity contribution is 5.95. The fourth-order valence-corrected chi connectivity index (χ4v) is 6.00. The minimum atomic E-state index is -1.34. The van der Waals surface area contributed by atoms with E-state index in [4.69, 9.17) is 28.4 Å². The van der Waals surface area contributed by atoms with Crippen molar-refractivity contribution in [3.63, 3.8) is 0 Å². The van der Waals surface area contributed by atoms with E-state index in [1.807, 2.05) is 30.3 Å². The molecule has 4 rings (SSSR count). The van der Waals surface area contributed by atoms with Gasteiger partial charge >= 0.3 is 18.2 Å². The molecule has 0 aromatic heterocycles. The zero-order chi connectivity index (χ0) is 42.6. The summed E-state index contributed by atoms with van der Waals surface area (Å²) in [6, 6.07) is 13.7. The SMILES string of the molecule is COC(=O)[C@@H]1Cc2cc(OCCNC(=O)OCc3ccccc3)c(OC)c(c2)-c2cc(ccc2OC)[C@H](N(C)C(=O)CNC(=O)OC(C)(C)C)C(=O)N[C@@H](C)C(=O)N1. The molecule has 1 aliphatic rings. The van der Waals surface area contributed by atoms with Crippen molar-refractivity contribution >= 4 is 35.9 Å². The molecule has 4 bridgehead atoms. The maximum Gasteiger partial charge on any atom is 0.408 e. The first-order chi connectivity index (χ1) is 27.5. The van der Waals surface area contributed by atoms with E-state index in [1.165, 1.54) is 35.3 Å². The molecule has 0 radical (unpaired) electrons. The van der Waals surface area contributed by atoms with Gasteiger partial charge in [0.1, 0.15) is 49.2 Å². The van der Waals surface area contributed by atoms with Gasteiger partial charge in [0.05, 0.1) is 27.9 Å². The average Bonchev–Trinajstić information content (AvgIpc) is 3.19.